The molecule has 0 aliphatic heterocycles. The van der Waals surface area contributed by atoms with E-state index < -0.39 is 0 Å². The molecule has 1 aliphatic carbocycles. The number of benzene rings is 2. The van der Waals surface area contributed by atoms with Crippen LogP contribution < -0.4 is 5.32 Å². The van der Waals surface area contributed by atoms with Crippen molar-refractivity contribution in [2.45, 2.75) is 19.9 Å². The SMILES string of the molecule is CCOC(=O)NCc1cccc2c1Cc1ccccc1-2. The summed E-state index contributed by atoms with van der Waals surface area (Å²) in [5.74, 6) is 0. The Balaban J connectivity index is 1.84. The fraction of sp³-hybridized carbons (Fsp3) is 0.235. The van der Waals surface area contributed by atoms with Crippen LogP contribution in [-0.2, 0) is 17.7 Å². The summed E-state index contributed by atoms with van der Waals surface area (Å²) in [6, 6.07) is 14.7. The predicted octanol–water partition coefficient (Wildman–Crippen LogP) is 3.50. The number of nitrogens with one attached hydrogen (secondary N) is 1. The van der Waals surface area contributed by atoms with Crippen LogP contribution in [-0.4, -0.2) is 12.7 Å². The minimum absolute atomic E-state index is 0.361. The molecule has 20 heavy (non-hydrogen) atoms. The van der Waals surface area contributed by atoms with E-state index in [2.05, 4.69) is 41.7 Å². The Kier molecular flexibility index (Phi) is 3.42. The van der Waals surface area contributed by atoms with Gasteiger partial charge in [0, 0.05) is 6.54 Å². The first kappa shape index (κ1) is 12.7. The molecule has 1 N–H and O–H groups in total. The van der Waals surface area contributed by atoms with Crippen LogP contribution in [0.5, 0.6) is 0 Å². The van der Waals surface area contributed by atoms with Crippen LogP contribution in [0.25, 0.3) is 11.1 Å². The van der Waals surface area contributed by atoms with E-state index in [1.54, 1.807) is 6.92 Å². The quantitative estimate of drug-likeness (QED) is 0.788. The van der Waals surface area contributed by atoms with Crippen LogP contribution in [0.1, 0.15) is 23.6 Å². The van der Waals surface area contributed by atoms with Gasteiger partial charge < -0.3 is 10.1 Å². The molecule has 3 nitrogen and oxygen atoms in total. The number of hydrogen-bond acceptors (Lipinski definition) is 2. The number of rotatable bonds is 3. The number of carbonyl (C=O) groups is 1. The molecule has 0 heterocycles. The van der Waals surface area contributed by atoms with E-state index in [-0.39, 0.29) is 6.09 Å². The van der Waals surface area contributed by atoms with Gasteiger partial charge in [-0.25, -0.2) is 4.79 Å². The van der Waals surface area contributed by atoms with Crippen LogP contribution >= 0.6 is 0 Å². The molecule has 3 rings (SSSR count). The summed E-state index contributed by atoms with van der Waals surface area (Å²) in [7, 11) is 0. The Bertz CT molecular complexity index is 649. The fourth-order valence-electron chi connectivity index (χ4n) is 2.74. The molecule has 0 saturated carbocycles. The van der Waals surface area contributed by atoms with E-state index in [1.807, 2.05) is 6.07 Å². The first-order chi connectivity index (χ1) is 9.79. The first-order valence-corrected chi connectivity index (χ1v) is 6.89. The largest absolute Gasteiger partial charge is 0.450 e. The Morgan fingerprint density at radius 3 is 2.80 bits per heavy atom. The number of ether oxygens (including phenoxy) is 1. The van der Waals surface area contributed by atoms with Crippen molar-refractivity contribution in [3.05, 3.63) is 59.2 Å². The summed E-state index contributed by atoms with van der Waals surface area (Å²) in [5.41, 5.74) is 6.41. The second-order valence-electron chi connectivity index (χ2n) is 4.85. The third-order valence-electron chi connectivity index (χ3n) is 3.65. The molecule has 1 amide bonds. The molecule has 0 saturated heterocycles. The van der Waals surface area contributed by atoms with Crippen molar-refractivity contribution in [3.8, 4) is 11.1 Å². The Morgan fingerprint density at radius 1 is 1.15 bits per heavy atom. The zero-order valence-corrected chi connectivity index (χ0v) is 11.5. The molecule has 2 aromatic rings. The van der Waals surface area contributed by atoms with Gasteiger partial charge in [-0.3, -0.25) is 0 Å². The maximum absolute atomic E-state index is 11.4. The highest BCUT2D eigenvalue weighted by Gasteiger charge is 2.20. The number of amides is 1. The van der Waals surface area contributed by atoms with Gasteiger partial charge in [-0.15, -0.1) is 0 Å². The van der Waals surface area contributed by atoms with E-state index in [0.29, 0.717) is 13.2 Å². The topological polar surface area (TPSA) is 38.3 Å². The lowest BCUT2D eigenvalue weighted by molar-refractivity contribution is 0.151. The van der Waals surface area contributed by atoms with Crippen molar-refractivity contribution in [1.29, 1.82) is 0 Å². The Labute approximate surface area is 118 Å². The van der Waals surface area contributed by atoms with E-state index in [1.165, 1.54) is 22.3 Å². The van der Waals surface area contributed by atoms with Gasteiger partial charge in [-0.1, -0.05) is 42.5 Å². The maximum atomic E-state index is 11.4. The van der Waals surface area contributed by atoms with Crippen LogP contribution in [0.3, 0.4) is 0 Å². The normalized spacial score (nSPS) is 11.7. The molecule has 0 spiro atoms. The Hall–Kier alpha value is -2.29. The third kappa shape index (κ3) is 2.27. The number of carbonyl (C=O) groups excluding carboxylic acids is 1. The summed E-state index contributed by atoms with van der Waals surface area (Å²) in [5, 5.41) is 2.80. The van der Waals surface area contributed by atoms with E-state index in [9.17, 15) is 4.79 Å². The lowest BCUT2D eigenvalue weighted by Gasteiger charge is -2.10. The van der Waals surface area contributed by atoms with E-state index >= 15 is 0 Å². The van der Waals surface area contributed by atoms with Crippen molar-refractivity contribution < 1.29 is 9.53 Å². The lowest BCUT2D eigenvalue weighted by atomic mass is 10.0. The van der Waals surface area contributed by atoms with Crippen LogP contribution in [0.4, 0.5) is 4.79 Å². The molecular weight excluding hydrogens is 250 g/mol. The number of alkyl carbamates (subject to hydrolysis) is 1. The smallest absolute Gasteiger partial charge is 0.407 e. The van der Waals surface area contributed by atoms with Crippen LogP contribution in [0.2, 0.25) is 0 Å². The summed E-state index contributed by atoms with van der Waals surface area (Å²) in [4.78, 5) is 11.4. The fourth-order valence-corrected chi connectivity index (χ4v) is 2.74. The van der Waals surface area contributed by atoms with Gasteiger partial charge >= 0.3 is 6.09 Å². The molecule has 2 aromatic carbocycles. The second-order valence-corrected chi connectivity index (χ2v) is 4.85. The standard InChI is InChI=1S/C17H17NO2/c1-2-20-17(19)18-11-13-7-5-9-15-14-8-4-3-6-12(14)10-16(13)15/h3-9H,2,10-11H2,1H3,(H,18,19). The number of fused-ring (bicyclic) bond motifs is 3. The van der Waals surface area contributed by atoms with Gasteiger partial charge in [0.1, 0.15) is 0 Å². The van der Waals surface area contributed by atoms with Gasteiger partial charge in [0.2, 0.25) is 0 Å². The molecule has 0 unspecified atom stereocenters. The molecule has 0 fully saturated rings. The zero-order valence-electron chi connectivity index (χ0n) is 11.5. The summed E-state index contributed by atoms with van der Waals surface area (Å²) in [6.07, 6.45) is 0.576. The molecule has 0 atom stereocenters. The zero-order chi connectivity index (χ0) is 13.9. The highest BCUT2D eigenvalue weighted by atomic mass is 16.5. The monoisotopic (exact) mass is 267 g/mol. The molecule has 0 radical (unpaired) electrons. The summed E-state index contributed by atoms with van der Waals surface area (Å²) >= 11 is 0. The van der Waals surface area contributed by atoms with Gasteiger partial charge in [-0.05, 0) is 41.2 Å². The van der Waals surface area contributed by atoms with Gasteiger partial charge in [0.25, 0.3) is 0 Å². The van der Waals surface area contributed by atoms with Gasteiger partial charge in [-0.2, -0.15) is 0 Å². The highest BCUT2D eigenvalue weighted by molar-refractivity contribution is 5.78. The van der Waals surface area contributed by atoms with Crippen LogP contribution in [0, 0.1) is 0 Å². The predicted molar refractivity (Wildman–Crippen MR) is 78.5 cm³/mol. The van der Waals surface area contributed by atoms with Crippen molar-refractivity contribution in [1.82, 2.24) is 5.32 Å². The molecule has 0 bridgehead atoms. The number of hydrogen-bond donors (Lipinski definition) is 1. The molecule has 1 aliphatic rings. The van der Waals surface area contributed by atoms with Gasteiger partial charge in [0.05, 0.1) is 6.61 Å². The van der Waals surface area contributed by atoms with E-state index in [4.69, 9.17) is 4.74 Å². The minimum atomic E-state index is -0.361. The highest BCUT2D eigenvalue weighted by Crippen LogP contribution is 2.37. The average molecular weight is 267 g/mol. The van der Waals surface area contributed by atoms with Crippen molar-refractivity contribution in [2.24, 2.45) is 0 Å². The second kappa shape index (κ2) is 5.37. The molecule has 0 aromatic heterocycles. The maximum Gasteiger partial charge on any atom is 0.407 e. The Morgan fingerprint density at radius 2 is 1.95 bits per heavy atom. The summed E-state index contributed by atoms with van der Waals surface area (Å²) < 4.78 is 4.89. The average Bonchev–Trinajstić information content (AvgIpc) is 2.84. The van der Waals surface area contributed by atoms with Gasteiger partial charge in [0.15, 0.2) is 0 Å². The summed E-state index contributed by atoms with van der Waals surface area (Å²) in [6.45, 7) is 2.70. The van der Waals surface area contributed by atoms with Crippen molar-refractivity contribution >= 4 is 6.09 Å². The van der Waals surface area contributed by atoms with Crippen molar-refractivity contribution in [2.75, 3.05) is 6.61 Å². The third-order valence-corrected chi connectivity index (χ3v) is 3.65. The molecule has 102 valence electrons. The van der Waals surface area contributed by atoms with E-state index in [0.717, 1.165) is 12.0 Å². The molecule has 3 heteroatoms. The van der Waals surface area contributed by atoms with Crippen LogP contribution in [0.15, 0.2) is 42.5 Å². The molecular formula is C17H17NO2. The minimum Gasteiger partial charge on any atom is -0.450 e. The lowest BCUT2D eigenvalue weighted by Crippen LogP contribution is -2.24. The van der Waals surface area contributed by atoms with Crippen molar-refractivity contribution in [3.63, 3.8) is 0 Å². The first-order valence-electron chi connectivity index (χ1n) is 6.89.